The molecule has 0 spiro atoms. The maximum Gasteiger partial charge on any atom is 0.338 e. The van der Waals surface area contributed by atoms with Crippen LogP contribution in [-0.2, 0) is 11.3 Å². The number of nitrogens with zero attached hydrogens (tertiary/aromatic N) is 3. The Morgan fingerprint density at radius 2 is 1.73 bits per heavy atom. The van der Waals surface area contributed by atoms with Crippen LogP contribution in [0.5, 0.6) is 0 Å². The van der Waals surface area contributed by atoms with Crippen LogP contribution in [0.1, 0.15) is 39.9 Å². The van der Waals surface area contributed by atoms with Gasteiger partial charge in [0.25, 0.3) is 0 Å². The van der Waals surface area contributed by atoms with Gasteiger partial charge in [0.1, 0.15) is 6.10 Å². The highest BCUT2D eigenvalue weighted by Gasteiger charge is 2.23. The van der Waals surface area contributed by atoms with Gasteiger partial charge >= 0.3 is 5.97 Å². The van der Waals surface area contributed by atoms with Gasteiger partial charge in [-0.1, -0.05) is 18.2 Å². The average molecular weight is 345 g/mol. The van der Waals surface area contributed by atoms with E-state index in [0.717, 1.165) is 38.0 Å². The first-order valence-corrected chi connectivity index (χ1v) is 8.61. The van der Waals surface area contributed by atoms with Gasteiger partial charge in [0, 0.05) is 19.6 Å². The zero-order valence-electron chi connectivity index (χ0n) is 14.4. The van der Waals surface area contributed by atoms with Gasteiger partial charge in [-0.2, -0.15) is 10.5 Å². The Kier molecular flexibility index (Phi) is 5.63. The van der Waals surface area contributed by atoms with Crippen LogP contribution < -0.4 is 0 Å². The fraction of sp³-hybridized carbons (Fsp3) is 0.286. The zero-order valence-corrected chi connectivity index (χ0v) is 14.4. The second-order valence-corrected chi connectivity index (χ2v) is 6.34. The van der Waals surface area contributed by atoms with Crippen LogP contribution in [-0.4, -0.2) is 30.1 Å². The molecule has 3 rings (SSSR count). The Labute approximate surface area is 153 Å². The van der Waals surface area contributed by atoms with E-state index in [1.54, 1.807) is 24.3 Å². The molecule has 0 amide bonds. The lowest BCUT2D eigenvalue weighted by Crippen LogP contribution is -2.37. The standard InChI is InChI=1S/C21H19N3O2/c22-13-16-5-7-17(8-6-16)21(25)26-20-9-11-24(12-10-20)15-19-4-2-1-3-18(19)14-23/h1-8,20H,9-12,15H2. The van der Waals surface area contributed by atoms with Gasteiger partial charge in [-0.3, -0.25) is 4.90 Å². The second kappa shape index (κ2) is 8.29. The number of hydrogen-bond donors (Lipinski definition) is 0. The second-order valence-electron chi connectivity index (χ2n) is 6.34. The summed E-state index contributed by atoms with van der Waals surface area (Å²) in [7, 11) is 0. The van der Waals surface area contributed by atoms with Gasteiger partial charge in [-0.15, -0.1) is 0 Å². The molecule has 26 heavy (non-hydrogen) atoms. The van der Waals surface area contributed by atoms with Crippen molar-refractivity contribution in [2.45, 2.75) is 25.5 Å². The largest absolute Gasteiger partial charge is 0.459 e. The number of likely N-dealkylation sites (tertiary alicyclic amines) is 1. The molecule has 0 bridgehead atoms. The Bertz CT molecular complexity index is 854. The number of benzene rings is 2. The minimum absolute atomic E-state index is 0.0967. The maximum absolute atomic E-state index is 12.2. The smallest absolute Gasteiger partial charge is 0.338 e. The molecule has 1 aliphatic rings. The van der Waals surface area contributed by atoms with Gasteiger partial charge < -0.3 is 4.74 Å². The average Bonchev–Trinajstić information content (AvgIpc) is 2.70. The van der Waals surface area contributed by atoms with E-state index in [0.29, 0.717) is 16.7 Å². The van der Waals surface area contributed by atoms with Crippen LogP contribution >= 0.6 is 0 Å². The van der Waals surface area contributed by atoms with Crippen LogP contribution in [0.15, 0.2) is 48.5 Å². The maximum atomic E-state index is 12.2. The van der Waals surface area contributed by atoms with Gasteiger partial charge in [0.05, 0.1) is 28.8 Å². The van der Waals surface area contributed by atoms with Gasteiger partial charge in [0.15, 0.2) is 0 Å². The van der Waals surface area contributed by atoms with E-state index in [-0.39, 0.29) is 12.1 Å². The summed E-state index contributed by atoms with van der Waals surface area (Å²) in [5, 5.41) is 18.0. The molecule has 5 heteroatoms. The van der Waals surface area contributed by atoms with Gasteiger partial charge in [-0.25, -0.2) is 4.79 Å². The first kappa shape index (κ1) is 17.7. The van der Waals surface area contributed by atoms with E-state index in [1.807, 2.05) is 30.3 Å². The SMILES string of the molecule is N#Cc1ccc(C(=O)OC2CCN(Cc3ccccc3C#N)CC2)cc1. The molecule has 0 aliphatic carbocycles. The van der Waals surface area contributed by atoms with E-state index in [4.69, 9.17) is 10.00 Å². The lowest BCUT2D eigenvalue weighted by molar-refractivity contribution is 0.0104. The van der Waals surface area contributed by atoms with Crippen molar-refractivity contribution in [2.24, 2.45) is 0 Å². The summed E-state index contributed by atoms with van der Waals surface area (Å²) >= 11 is 0. The fourth-order valence-electron chi connectivity index (χ4n) is 3.09. The van der Waals surface area contributed by atoms with Crippen molar-refractivity contribution >= 4 is 5.97 Å². The molecule has 0 N–H and O–H groups in total. The fourth-order valence-corrected chi connectivity index (χ4v) is 3.09. The lowest BCUT2D eigenvalue weighted by atomic mass is 10.0. The van der Waals surface area contributed by atoms with E-state index >= 15 is 0 Å². The first-order valence-electron chi connectivity index (χ1n) is 8.61. The highest BCUT2D eigenvalue weighted by atomic mass is 16.5. The number of piperidine rings is 1. The number of ether oxygens (including phenoxy) is 1. The van der Waals surface area contributed by atoms with Crippen molar-refractivity contribution in [3.8, 4) is 12.1 Å². The summed E-state index contributed by atoms with van der Waals surface area (Å²) in [6.45, 7) is 2.39. The topological polar surface area (TPSA) is 77.1 Å². The highest BCUT2D eigenvalue weighted by Crippen LogP contribution is 2.19. The van der Waals surface area contributed by atoms with Crippen LogP contribution in [0.25, 0.3) is 0 Å². The Balaban J connectivity index is 1.51. The third kappa shape index (κ3) is 4.27. The summed E-state index contributed by atoms with van der Waals surface area (Å²) in [6.07, 6.45) is 1.45. The molecule has 2 aromatic rings. The summed E-state index contributed by atoms with van der Waals surface area (Å²) in [5.41, 5.74) is 2.73. The number of carbonyl (C=O) groups is 1. The van der Waals surface area contributed by atoms with Crippen LogP contribution in [0.2, 0.25) is 0 Å². The minimum Gasteiger partial charge on any atom is -0.459 e. The Hall–Kier alpha value is -3.15. The summed E-state index contributed by atoms with van der Waals surface area (Å²) in [4.78, 5) is 14.5. The minimum atomic E-state index is -0.345. The number of nitriles is 2. The summed E-state index contributed by atoms with van der Waals surface area (Å²) in [5.74, 6) is -0.345. The summed E-state index contributed by atoms with van der Waals surface area (Å²) < 4.78 is 5.59. The number of carbonyl (C=O) groups excluding carboxylic acids is 1. The molecule has 130 valence electrons. The van der Waals surface area contributed by atoms with E-state index < -0.39 is 0 Å². The Morgan fingerprint density at radius 3 is 2.38 bits per heavy atom. The van der Waals surface area contributed by atoms with Crippen molar-refractivity contribution < 1.29 is 9.53 Å². The zero-order chi connectivity index (χ0) is 18.4. The summed E-state index contributed by atoms with van der Waals surface area (Å²) in [6, 6.07) is 18.4. The molecule has 0 radical (unpaired) electrons. The number of hydrogen-bond acceptors (Lipinski definition) is 5. The molecule has 2 aromatic carbocycles. The normalized spacial score (nSPS) is 15.0. The molecule has 0 unspecified atom stereocenters. The van der Waals surface area contributed by atoms with Crippen LogP contribution in [0.3, 0.4) is 0 Å². The first-order chi connectivity index (χ1) is 12.7. The molecule has 0 aromatic heterocycles. The molecule has 5 nitrogen and oxygen atoms in total. The van der Waals surface area contributed by atoms with Crippen molar-refractivity contribution in [1.82, 2.24) is 4.90 Å². The monoisotopic (exact) mass is 345 g/mol. The van der Waals surface area contributed by atoms with Gasteiger partial charge in [-0.05, 0) is 48.7 Å². The van der Waals surface area contributed by atoms with Crippen molar-refractivity contribution in [3.05, 3.63) is 70.8 Å². The molecule has 1 saturated heterocycles. The van der Waals surface area contributed by atoms with Crippen molar-refractivity contribution in [2.75, 3.05) is 13.1 Å². The molecule has 1 fully saturated rings. The third-order valence-electron chi connectivity index (χ3n) is 4.59. The lowest BCUT2D eigenvalue weighted by Gasteiger charge is -2.31. The number of rotatable bonds is 4. The molecular weight excluding hydrogens is 326 g/mol. The van der Waals surface area contributed by atoms with Crippen LogP contribution in [0, 0.1) is 22.7 Å². The van der Waals surface area contributed by atoms with E-state index in [1.165, 1.54) is 0 Å². The van der Waals surface area contributed by atoms with Crippen LogP contribution in [0.4, 0.5) is 0 Å². The predicted octanol–water partition coefficient (Wildman–Crippen LogP) is 3.25. The molecular formula is C21H19N3O2. The quantitative estimate of drug-likeness (QED) is 0.795. The van der Waals surface area contributed by atoms with Crippen molar-refractivity contribution in [1.29, 1.82) is 10.5 Å². The molecule has 1 heterocycles. The van der Waals surface area contributed by atoms with E-state index in [2.05, 4.69) is 11.0 Å². The van der Waals surface area contributed by atoms with Gasteiger partial charge in [0.2, 0.25) is 0 Å². The van der Waals surface area contributed by atoms with E-state index in [9.17, 15) is 10.1 Å². The van der Waals surface area contributed by atoms with Crippen molar-refractivity contribution in [3.63, 3.8) is 0 Å². The number of esters is 1. The Morgan fingerprint density at radius 1 is 1.04 bits per heavy atom. The highest BCUT2D eigenvalue weighted by molar-refractivity contribution is 5.89. The molecule has 0 atom stereocenters. The molecule has 0 saturated carbocycles. The third-order valence-corrected chi connectivity index (χ3v) is 4.59. The molecule has 1 aliphatic heterocycles. The predicted molar refractivity (Wildman–Crippen MR) is 96.0 cm³/mol.